The predicted molar refractivity (Wildman–Crippen MR) is 92.4 cm³/mol. The third kappa shape index (κ3) is 3.52. The molecular weight excluding hydrogens is 336 g/mol. The fourth-order valence-corrected chi connectivity index (χ4v) is 2.85. The summed E-state index contributed by atoms with van der Waals surface area (Å²) in [6.45, 7) is 3.61. The highest BCUT2D eigenvalue weighted by Crippen LogP contribution is 2.29. The van der Waals surface area contributed by atoms with E-state index < -0.39 is 5.54 Å². The second kappa shape index (κ2) is 7.13. The fraction of sp³-hybridized carbons (Fsp3) is 0.316. The molecule has 26 heavy (non-hydrogen) atoms. The Balaban J connectivity index is 1.54. The molecule has 1 aliphatic rings. The molecule has 0 bridgehead atoms. The number of hydrogen-bond donors (Lipinski definition) is 1. The Morgan fingerprint density at radius 3 is 2.35 bits per heavy atom. The second-order valence-corrected chi connectivity index (χ2v) is 6.65. The second-order valence-electron chi connectivity index (χ2n) is 6.65. The molecule has 0 unspecified atom stereocenters. The molecule has 0 radical (unpaired) electrons. The van der Waals surface area contributed by atoms with Crippen LogP contribution in [0.5, 0.6) is 0 Å². The minimum Gasteiger partial charge on any atom is -0.467 e. The predicted octanol–water partition coefficient (Wildman–Crippen LogP) is 1.99. The highest BCUT2D eigenvalue weighted by Gasteiger charge is 2.44. The van der Waals surface area contributed by atoms with Gasteiger partial charge in [-0.05, 0) is 38.1 Å². The van der Waals surface area contributed by atoms with Gasteiger partial charge in [-0.3, -0.25) is 19.3 Å². The molecule has 0 saturated heterocycles. The minimum absolute atomic E-state index is 0.0483. The molecule has 7 heteroatoms. The van der Waals surface area contributed by atoms with Crippen molar-refractivity contribution in [2.75, 3.05) is 13.2 Å². The Morgan fingerprint density at radius 1 is 1.12 bits per heavy atom. The molecule has 0 aliphatic carbocycles. The van der Waals surface area contributed by atoms with Crippen LogP contribution >= 0.6 is 0 Å². The van der Waals surface area contributed by atoms with Crippen molar-refractivity contribution in [1.82, 2.24) is 10.2 Å². The summed E-state index contributed by atoms with van der Waals surface area (Å²) >= 11 is 0. The molecule has 3 rings (SSSR count). The third-order valence-electron chi connectivity index (χ3n) is 4.13. The lowest BCUT2D eigenvalue weighted by Crippen LogP contribution is -2.51. The average Bonchev–Trinajstić information content (AvgIpc) is 3.21. The number of carbonyl (C=O) groups excluding carboxylic acids is 3. The van der Waals surface area contributed by atoms with Crippen LogP contribution in [0.4, 0.5) is 0 Å². The lowest BCUT2D eigenvalue weighted by Gasteiger charge is -2.33. The molecule has 0 atom stereocenters. The summed E-state index contributed by atoms with van der Waals surface area (Å²) in [5.74, 6) is -0.354. The summed E-state index contributed by atoms with van der Waals surface area (Å²) < 4.78 is 10.6. The number of imide groups is 1. The summed E-state index contributed by atoms with van der Waals surface area (Å²) in [7, 11) is 0. The molecule has 0 saturated carbocycles. The van der Waals surface area contributed by atoms with E-state index >= 15 is 0 Å². The van der Waals surface area contributed by atoms with Gasteiger partial charge < -0.3 is 14.5 Å². The minimum atomic E-state index is -0.880. The van der Waals surface area contributed by atoms with Crippen LogP contribution in [0.25, 0.3) is 0 Å². The van der Waals surface area contributed by atoms with Crippen LogP contribution in [-0.4, -0.2) is 41.4 Å². The van der Waals surface area contributed by atoms with E-state index in [4.69, 9.17) is 9.15 Å². The average molecular weight is 356 g/mol. The van der Waals surface area contributed by atoms with Gasteiger partial charge in [-0.15, -0.1) is 0 Å². The Bertz CT molecular complexity index is 791. The molecule has 136 valence electrons. The van der Waals surface area contributed by atoms with Gasteiger partial charge in [0.2, 0.25) is 5.91 Å². The van der Waals surface area contributed by atoms with Crippen LogP contribution in [-0.2, 0) is 16.1 Å². The van der Waals surface area contributed by atoms with Gasteiger partial charge >= 0.3 is 0 Å². The third-order valence-corrected chi connectivity index (χ3v) is 4.13. The van der Waals surface area contributed by atoms with Crippen LogP contribution in [0, 0.1) is 0 Å². The van der Waals surface area contributed by atoms with E-state index in [2.05, 4.69) is 5.32 Å². The van der Waals surface area contributed by atoms with Gasteiger partial charge in [-0.25, -0.2) is 0 Å². The van der Waals surface area contributed by atoms with Crippen molar-refractivity contribution in [3.8, 4) is 0 Å². The standard InChI is InChI=1S/C19H20N2O5/c1-19(2,12-25-11-16(22)20-10-13-6-5-9-26-13)21-17(23)14-7-3-4-8-15(14)18(21)24/h3-9H,10-12H2,1-2H3,(H,20,22). The summed E-state index contributed by atoms with van der Waals surface area (Å²) in [6.07, 6.45) is 1.53. The first-order valence-electron chi connectivity index (χ1n) is 8.25. The van der Waals surface area contributed by atoms with Crippen molar-refractivity contribution in [2.45, 2.75) is 25.9 Å². The number of fused-ring (bicyclic) bond motifs is 1. The van der Waals surface area contributed by atoms with Crippen molar-refractivity contribution in [3.63, 3.8) is 0 Å². The Hall–Kier alpha value is -2.93. The first-order valence-corrected chi connectivity index (χ1v) is 8.25. The van der Waals surface area contributed by atoms with Gasteiger partial charge in [-0.2, -0.15) is 0 Å². The van der Waals surface area contributed by atoms with Gasteiger partial charge in [0.05, 0.1) is 36.1 Å². The van der Waals surface area contributed by atoms with Crippen LogP contribution in [0.3, 0.4) is 0 Å². The molecular formula is C19H20N2O5. The van der Waals surface area contributed by atoms with Crippen LogP contribution in [0.2, 0.25) is 0 Å². The number of nitrogens with one attached hydrogen (secondary N) is 1. The van der Waals surface area contributed by atoms with Crippen molar-refractivity contribution in [3.05, 3.63) is 59.5 Å². The lowest BCUT2D eigenvalue weighted by molar-refractivity contribution is -0.126. The topological polar surface area (TPSA) is 88.8 Å². The van der Waals surface area contributed by atoms with E-state index in [0.717, 1.165) is 0 Å². The molecule has 7 nitrogen and oxygen atoms in total. The Morgan fingerprint density at radius 2 is 1.77 bits per heavy atom. The molecule has 0 fully saturated rings. The number of benzene rings is 1. The number of carbonyl (C=O) groups is 3. The van der Waals surface area contributed by atoms with E-state index in [9.17, 15) is 14.4 Å². The van der Waals surface area contributed by atoms with Crippen molar-refractivity contribution >= 4 is 17.7 Å². The number of ether oxygens (including phenoxy) is 1. The molecule has 2 aromatic rings. The summed E-state index contributed by atoms with van der Waals surface area (Å²) in [5.41, 5.74) is -0.0994. The van der Waals surface area contributed by atoms with Crippen molar-refractivity contribution < 1.29 is 23.5 Å². The number of rotatable bonds is 7. The van der Waals surface area contributed by atoms with Crippen LogP contribution in [0.1, 0.15) is 40.3 Å². The number of hydrogen-bond acceptors (Lipinski definition) is 5. The molecule has 3 amide bonds. The Labute approximate surface area is 150 Å². The normalized spacial score (nSPS) is 13.8. The summed E-state index contributed by atoms with van der Waals surface area (Å²) in [5, 5.41) is 2.67. The highest BCUT2D eigenvalue weighted by atomic mass is 16.5. The molecule has 1 N–H and O–H groups in total. The fourth-order valence-electron chi connectivity index (χ4n) is 2.85. The quantitative estimate of drug-likeness (QED) is 0.767. The van der Waals surface area contributed by atoms with Crippen molar-refractivity contribution in [1.29, 1.82) is 0 Å². The maximum atomic E-state index is 12.5. The van der Waals surface area contributed by atoms with E-state index in [1.54, 1.807) is 50.2 Å². The molecule has 2 heterocycles. The highest BCUT2D eigenvalue weighted by molar-refractivity contribution is 6.21. The zero-order valence-corrected chi connectivity index (χ0v) is 14.7. The van der Waals surface area contributed by atoms with Crippen LogP contribution in [0.15, 0.2) is 47.1 Å². The van der Waals surface area contributed by atoms with Gasteiger partial charge in [0, 0.05) is 0 Å². The number of furan rings is 1. The van der Waals surface area contributed by atoms with Crippen molar-refractivity contribution in [2.24, 2.45) is 0 Å². The zero-order chi connectivity index (χ0) is 18.7. The summed E-state index contributed by atoms with van der Waals surface area (Å²) in [4.78, 5) is 38.1. The molecule has 1 aromatic heterocycles. The van der Waals surface area contributed by atoms with Gasteiger partial charge in [0.25, 0.3) is 11.8 Å². The van der Waals surface area contributed by atoms with Gasteiger partial charge in [-0.1, -0.05) is 12.1 Å². The molecule has 1 aromatic carbocycles. The number of nitrogens with zero attached hydrogens (tertiary/aromatic N) is 1. The number of amides is 3. The first kappa shape index (κ1) is 17.9. The van der Waals surface area contributed by atoms with E-state index in [1.807, 2.05) is 0 Å². The van der Waals surface area contributed by atoms with Gasteiger partial charge in [0.1, 0.15) is 12.4 Å². The Kier molecular flexibility index (Phi) is 4.90. The first-order chi connectivity index (χ1) is 12.4. The van der Waals surface area contributed by atoms with E-state index in [0.29, 0.717) is 16.9 Å². The van der Waals surface area contributed by atoms with E-state index in [1.165, 1.54) is 11.2 Å². The summed E-state index contributed by atoms with van der Waals surface area (Å²) in [6, 6.07) is 10.2. The zero-order valence-electron chi connectivity index (χ0n) is 14.7. The molecule has 1 aliphatic heterocycles. The van der Waals surface area contributed by atoms with Crippen LogP contribution < -0.4 is 5.32 Å². The van der Waals surface area contributed by atoms with Gasteiger partial charge in [0.15, 0.2) is 0 Å². The maximum absolute atomic E-state index is 12.5. The SMILES string of the molecule is CC(C)(COCC(=O)NCc1ccco1)N1C(=O)c2ccccc2C1=O. The smallest absolute Gasteiger partial charge is 0.262 e. The lowest BCUT2D eigenvalue weighted by atomic mass is 10.0. The molecule has 0 spiro atoms. The largest absolute Gasteiger partial charge is 0.467 e. The maximum Gasteiger partial charge on any atom is 0.262 e. The monoisotopic (exact) mass is 356 g/mol. The van der Waals surface area contributed by atoms with E-state index in [-0.39, 0.29) is 37.5 Å².